The zero-order valence-electron chi connectivity index (χ0n) is 13.6. The second-order valence-corrected chi connectivity index (χ2v) is 6.40. The van der Waals surface area contributed by atoms with Gasteiger partial charge in [0.15, 0.2) is 11.5 Å². The third-order valence-corrected chi connectivity index (χ3v) is 5.37. The molecule has 23 heavy (non-hydrogen) atoms. The molecule has 126 valence electrons. The van der Waals surface area contributed by atoms with Crippen molar-refractivity contribution in [2.24, 2.45) is 0 Å². The third kappa shape index (κ3) is 2.83. The van der Waals surface area contributed by atoms with Crippen LogP contribution >= 0.6 is 0 Å². The van der Waals surface area contributed by atoms with Gasteiger partial charge >= 0.3 is 6.09 Å². The summed E-state index contributed by atoms with van der Waals surface area (Å²) in [6, 6.07) is 6.46. The third-order valence-electron chi connectivity index (χ3n) is 5.37. The number of carbonyl (C=O) groups is 1. The van der Waals surface area contributed by atoms with Crippen molar-refractivity contribution in [2.45, 2.75) is 43.2 Å². The Morgan fingerprint density at radius 3 is 2.78 bits per heavy atom. The molecule has 0 spiro atoms. The first-order valence-corrected chi connectivity index (χ1v) is 8.04. The lowest BCUT2D eigenvalue weighted by Gasteiger charge is -2.42. The molecule has 0 radical (unpaired) electrons. The van der Waals surface area contributed by atoms with E-state index in [9.17, 15) is 4.79 Å². The van der Waals surface area contributed by atoms with Gasteiger partial charge in [-0.3, -0.25) is 0 Å². The van der Waals surface area contributed by atoms with Crippen LogP contribution in [-0.4, -0.2) is 44.0 Å². The van der Waals surface area contributed by atoms with E-state index in [0.717, 1.165) is 43.7 Å². The van der Waals surface area contributed by atoms with Crippen LogP contribution in [0.5, 0.6) is 11.5 Å². The first-order valence-electron chi connectivity index (χ1n) is 8.04. The maximum absolute atomic E-state index is 10.9. The molecule has 1 aromatic rings. The largest absolute Gasteiger partial charge is 0.493 e. The molecule has 6 heteroatoms. The van der Waals surface area contributed by atoms with E-state index >= 15 is 0 Å². The number of hydrogen-bond donors (Lipinski definition) is 3. The maximum atomic E-state index is 10.9. The molecule has 1 aromatic carbocycles. The van der Waals surface area contributed by atoms with E-state index in [1.54, 1.807) is 14.2 Å². The van der Waals surface area contributed by atoms with Crippen LogP contribution < -0.4 is 20.1 Å². The van der Waals surface area contributed by atoms with Gasteiger partial charge in [0.25, 0.3) is 0 Å². The van der Waals surface area contributed by atoms with Crippen molar-refractivity contribution in [3.05, 3.63) is 23.8 Å². The molecule has 1 aliphatic heterocycles. The lowest BCUT2D eigenvalue weighted by atomic mass is 9.65. The van der Waals surface area contributed by atoms with Gasteiger partial charge in [-0.1, -0.05) is 6.07 Å². The fourth-order valence-electron chi connectivity index (χ4n) is 4.22. The molecular weight excluding hydrogens is 296 g/mol. The SMILES string of the molecule is COc1ccc([C@]23CCN[C@H]2C[C@H](NC(=O)O)CC3)cc1OC. The van der Waals surface area contributed by atoms with Crippen LogP contribution in [0.2, 0.25) is 0 Å². The van der Waals surface area contributed by atoms with Gasteiger partial charge in [0, 0.05) is 17.5 Å². The Bertz CT molecular complexity index is 592. The number of rotatable bonds is 4. The Labute approximate surface area is 136 Å². The monoisotopic (exact) mass is 320 g/mol. The van der Waals surface area contributed by atoms with Crippen LogP contribution in [0.25, 0.3) is 0 Å². The summed E-state index contributed by atoms with van der Waals surface area (Å²) in [4.78, 5) is 10.9. The Morgan fingerprint density at radius 1 is 1.30 bits per heavy atom. The minimum Gasteiger partial charge on any atom is -0.493 e. The number of fused-ring (bicyclic) bond motifs is 1. The van der Waals surface area contributed by atoms with Crippen molar-refractivity contribution in [3.63, 3.8) is 0 Å². The first kappa shape index (κ1) is 15.9. The first-order chi connectivity index (χ1) is 11.1. The van der Waals surface area contributed by atoms with E-state index < -0.39 is 6.09 Å². The van der Waals surface area contributed by atoms with Crippen LogP contribution in [0, 0.1) is 0 Å². The molecule has 1 heterocycles. The van der Waals surface area contributed by atoms with Crippen LogP contribution in [0.3, 0.4) is 0 Å². The molecule has 6 nitrogen and oxygen atoms in total. The van der Waals surface area contributed by atoms with E-state index in [2.05, 4.69) is 22.8 Å². The molecule has 2 fully saturated rings. The highest BCUT2D eigenvalue weighted by Crippen LogP contribution is 2.47. The van der Waals surface area contributed by atoms with Gasteiger partial charge in [-0.15, -0.1) is 0 Å². The number of nitrogens with one attached hydrogen (secondary N) is 2. The summed E-state index contributed by atoms with van der Waals surface area (Å²) >= 11 is 0. The number of hydrogen-bond acceptors (Lipinski definition) is 4. The highest BCUT2D eigenvalue weighted by atomic mass is 16.5. The van der Waals surface area contributed by atoms with Crippen molar-refractivity contribution in [1.29, 1.82) is 0 Å². The van der Waals surface area contributed by atoms with Crippen LogP contribution in [0.4, 0.5) is 4.79 Å². The molecule has 3 rings (SSSR count). The molecular formula is C17H24N2O4. The molecule has 0 unspecified atom stereocenters. The van der Waals surface area contributed by atoms with Gasteiger partial charge in [-0.2, -0.15) is 0 Å². The maximum Gasteiger partial charge on any atom is 0.404 e. The quantitative estimate of drug-likeness (QED) is 0.792. The van der Waals surface area contributed by atoms with Crippen molar-refractivity contribution in [1.82, 2.24) is 10.6 Å². The van der Waals surface area contributed by atoms with Crippen molar-refractivity contribution < 1.29 is 19.4 Å². The average molecular weight is 320 g/mol. The minimum atomic E-state index is -0.938. The smallest absolute Gasteiger partial charge is 0.404 e. The summed E-state index contributed by atoms with van der Waals surface area (Å²) < 4.78 is 10.8. The second-order valence-electron chi connectivity index (χ2n) is 6.40. The molecule has 1 saturated heterocycles. The van der Waals surface area contributed by atoms with Gasteiger partial charge in [0.1, 0.15) is 0 Å². The number of benzene rings is 1. The van der Waals surface area contributed by atoms with Crippen molar-refractivity contribution in [3.8, 4) is 11.5 Å². The van der Waals surface area contributed by atoms with Crippen LogP contribution in [-0.2, 0) is 5.41 Å². The predicted octanol–water partition coefficient (Wildman–Crippen LogP) is 2.12. The minimum absolute atomic E-state index is 0.0244. The van der Waals surface area contributed by atoms with E-state index in [0.29, 0.717) is 0 Å². The fourth-order valence-corrected chi connectivity index (χ4v) is 4.22. The van der Waals surface area contributed by atoms with E-state index in [4.69, 9.17) is 14.6 Å². The molecule has 1 saturated carbocycles. The van der Waals surface area contributed by atoms with E-state index in [1.165, 1.54) is 5.56 Å². The number of carboxylic acid groups (broad SMARTS) is 1. The summed E-state index contributed by atoms with van der Waals surface area (Å²) in [5.41, 5.74) is 1.30. The summed E-state index contributed by atoms with van der Waals surface area (Å²) in [6.45, 7) is 0.957. The Morgan fingerprint density at radius 2 is 2.09 bits per heavy atom. The van der Waals surface area contributed by atoms with Gasteiger partial charge in [0.05, 0.1) is 14.2 Å². The Hall–Kier alpha value is -1.95. The van der Waals surface area contributed by atoms with Crippen molar-refractivity contribution in [2.75, 3.05) is 20.8 Å². The van der Waals surface area contributed by atoms with Gasteiger partial charge in [0.2, 0.25) is 0 Å². The van der Waals surface area contributed by atoms with Crippen LogP contribution in [0.15, 0.2) is 18.2 Å². The molecule has 0 bridgehead atoms. The highest BCUT2D eigenvalue weighted by Gasteiger charge is 2.48. The molecule has 0 aromatic heterocycles. The predicted molar refractivity (Wildman–Crippen MR) is 86.4 cm³/mol. The zero-order chi connectivity index (χ0) is 16.4. The normalized spacial score (nSPS) is 29.7. The number of amides is 1. The number of ether oxygens (including phenoxy) is 2. The van der Waals surface area contributed by atoms with E-state index in [-0.39, 0.29) is 17.5 Å². The molecule has 1 amide bonds. The van der Waals surface area contributed by atoms with Gasteiger partial charge in [-0.25, -0.2) is 4.79 Å². The Balaban J connectivity index is 1.87. The van der Waals surface area contributed by atoms with Gasteiger partial charge in [-0.05, 0) is 49.9 Å². The fraction of sp³-hybridized carbons (Fsp3) is 0.588. The summed E-state index contributed by atoms with van der Waals surface area (Å²) in [7, 11) is 3.29. The average Bonchev–Trinajstić information content (AvgIpc) is 2.97. The van der Waals surface area contributed by atoms with E-state index in [1.807, 2.05) is 6.07 Å². The number of methoxy groups -OCH3 is 2. The molecule has 3 atom stereocenters. The van der Waals surface area contributed by atoms with Gasteiger partial charge < -0.3 is 25.2 Å². The topological polar surface area (TPSA) is 79.8 Å². The van der Waals surface area contributed by atoms with Crippen LogP contribution in [0.1, 0.15) is 31.2 Å². The zero-order valence-corrected chi connectivity index (χ0v) is 13.6. The lowest BCUT2D eigenvalue weighted by molar-refractivity contribution is 0.173. The summed E-state index contributed by atoms with van der Waals surface area (Å²) in [5, 5.41) is 15.1. The summed E-state index contributed by atoms with van der Waals surface area (Å²) in [6.07, 6.45) is 2.77. The lowest BCUT2D eigenvalue weighted by Crippen LogP contribution is -2.51. The standard InChI is InChI=1S/C17H24N2O4/c1-22-13-4-3-11(9-14(13)23-2)17-6-5-12(19-16(20)21)10-15(17)18-8-7-17/h3-4,9,12,15,18-19H,5-8,10H2,1-2H3,(H,20,21)/t12-,15+,17+/m1/s1. The Kier molecular flexibility index (Phi) is 4.35. The molecule has 1 aliphatic carbocycles. The molecule has 2 aliphatic rings. The highest BCUT2D eigenvalue weighted by molar-refractivity contribution is 5.64. The molecule has 3 N–H and O–H groups in total. The summed E-state index contributed by atoms with van der Waals surface area (Å²) in [5.74, 6) is 1.48. The second kappa shape index (κ2) is 6.28. The van der Waals surface area contributed by atoms with Crippen molar-refractivity contribution >= 4 is 6.09 Å².